The summed E-state index contributed by atoms with van der Waals surface area (Å²) in [4.78, 5) is 9.78. The average Bonchev–Trinajstić information content (AvgIpc) is 3.03. The molecule has 0 spiro atoms. The van der Waals surface area contributed by atoms with Crippen LogP contribution in [0.4, 0.5) is 0 Å². The summed E-state index contributed by atoms with van der Waals surface area (Å²) < 4.78 is 0. The fourth-order valence-corrected chi connectivity index (χ4v) is 4.20. The molecule has 3 heterocycles. The van der Waals surface area contributed by atoms with Crippen LogP contribution in [0.3, 0.4) is 0 Å². The van der Waals surface area contributed by atoms with Gasteiger partial charge in [-0.3, -0.25) is 9.88 Å². The third-order valence-corrected chi connectivity index (χ3v) is 5.74. The highest BCUT2D eigenvalue weighted by Crippen LogP contribution is 2.32. The number of piperidine rings is 1. The van der Waals surface area contributed by atoms with Gasteiger partial charge in [0, 0.05) is 19.3 Å². The van der Waals surface area contributed by atoms with E-state index < -0.39 is 0 Å². The van der Waals surface area contributed by atoms with Crippen molar-refractivity contribution >= 4 is 0 Å². The van der Waals surface area contributed by atoms with E-state index in [1.165, 1.54) is 64.1 Å². The Morgan fingerprint density at radius 1 is 1.04 bits per heavy atom. The predicted octanol–water partition coefficient (Wildman–Crippen LogP) is 3.66. The van der Waals surface area contributed by atoms with E-state index in [1.54, 1.807) is 0 Å². The Labute approximate surface area is 142 Å². The van der Waals surface area contributed by atoms with Gasteiger partial charge in [0.2, 0.25) is 0 Å². The minimum atomic E-state index is 0.836. The second-order valence-corrected chi connectivity index (χ2v) is 7.97. The van der Waals surface area contributed by atoms with Crippen molar-refractivity contribution in [2.75, 3.05) is 32.7 Å². The third-order valence-electron chi connectivity index (χ3n) is 5.74. The summed E-state index contributed by atoms with van der Waals surface area (Å²) in [7, 11) is 0. The SMILES string of the molecule is CC(C)CCN1CCC(C2CCN(Cc3ccccn3)C2)CC1. The number of pyridine rings is 1. The summed E-state index contributed by atoms with van der Waals surface area (Å²) in [6.45, 7) is 12.2. The maximum absolute atomic E-state index is 4.48. The van der Waals surface area contributed by atoms with Gasteiger partial charge in [0.15, 0.2) is 0 Å². The minimum Gasteiger partial charge on any atom is -0.303 e. The van der Waals surface area contributed by atoms with Gasteiger partial charge < -0.3 is 4.90 Å². The van der Waals surface area contributed by atoms with Gasteiger partial charge in [0.05, 0.1) is 5.69 Å². The van der Waals surface area contributed by atoms with Gasteiger partial charge >= 0.3 is 0 Å². The van der Waals surface area contributed by atoms with Crippen LogP contribution in [0.1, 0.15) is 45.2 Å². The summed E-state index contributed by atoms with van der Waals surface area (Å²) in [6.07, 6.45) is 7.49. The van der Waals surface area contributed by atoms with Crippen molar-refractivity contribution in [3.05, 3.63) is 30.1 Å². The highest BCUT2D eigenvalue weighted by atomic mass is 15.2. The largest absolute Gasteiger partial charge is 0.303 e. The molecule has 3 nitrogen and oxygen atoms in total. The molecule has 0 aliphatic carbocycles. The highest BCUT2D eigenvalue weighted by Gasteiger charge is 2.31. The van der Waals surface area contributed by atoms with Crippen LogP contribution in [-0.4, -0.2) is 47.5 Å². The lowest BCUT2D eigenvalue weighted by Crippen LogP contribution is -2.37. The molecule has 3 heteroatoms. The standard InChI is InChI=1S/C20H33N3/c1-17(2)6-11-22-12-7-18(8-13-22)19-9-14-23(15-19)16-20-5-3-4-10-21-20/h3-5,10,17-19H,6-9,11-16H2,1-2H3. The van der Waals surface area contributed by atoms with E-state index in [9.17, 15) is 0 Å². The smallest absolute Gasteiger partial charge is 0.0543 e. The molecule has 0 aromatic carbocycles. The second-order valence-electron chi connectivity index (χ2n) is 7.97. The maximum Gasteiger partial charge on any atom is 0.0543 e. The van der Waals surface area contributed by atoms with Crippen LogP contribution >= 0.6 is 0 Å². The third kappa shape index (κ3) is 5.02. The minimum absolute atomic E-state index is 0.836. The zero-order valence-corrected chi connectivity index (χ0v) is 15.0. The Hall–Kier alpha value is -0.930. The summed E-state index contributed by atoms with van der Waals surface area (Å²) in [6, 6.07) is 6.26. The molecule has 128 valence electrons. The Kier molecular flexibility index (Phi) is 6.07. The van der Waals surface area contributed by atoms with Gasteiger partial charge in [-0.2, -0.15) is 0 Å². The van der Waals surface area contributed by atoms with E-state index in [0.29, 0.717) is 0 Å². The zero-order valence-electron chi connectivity index (χ0n) is 15.0. The Bertz CT molecular complexity index is 451. The quantitative estimate of drug-likeness (QED) is 0.798. The number of aromatic nitrogens is 1. The first-order chi connectivity index (χ1) is 11.2. The lowest BCUT2D eigenvalue weighted by Gasteiger charge is -2.35. The molecule has 0 amide bonds. The molecule has 3 rings (SSSR count). The number of hydrogen-bond donors (Lipinski definition) is 0. The van der Waals surface area contributed by atoms with Crippen LogP contribution in [0.15, 0.2) is 24.4 Å². The molecule has 1 unspecified atom stereocenters. The predicted molar refractivity (Wildman–Crippen MR) is 96.2 cm³/mol. The summed E-state index contributed by atoms with van der Waals surface area (Å²) >= 11 is 0. The molecule has 1 aromatic rings. The van der Waals surface area contributed by atoms with Crippen molar-refractivity contribution in [2.45, 2.75) is 46.1 Å². The fraction of sp³-hybridized carbons (Fsp3) is 0.750. The first-order valence-electron chi connectivity index (χ1n) is 9.55. The van der Waals surface area contributed by atoms with E-state index in [0.717, 1.165) is 24.3 Å². The lowest BCUT2D eigenvalue weighted by atomic mass is 9.83. The molecule has 0 N–H and O–H groups in total. The van der Waals surface area contributed by atoms with Crippen molar-refractivity contribution in [1.29, 1.82) is 0 Å². The van der Waals surface area contributed by atoms with Crippen LogP contribution in [0, 0.1) is 17.8 Å². The van der Waals surface area contributed by atoms with E-state index >= 15 is 0 Å². The normalized spacial score (nSPS) is 24.6. The van der Waals surface area contributed by atoms with E-state index in [2.05, 4.69) is 40.8 Å². The molecular formula is C20H33N3. The van der Waals surface area contributed by atoms with Gasteiger partial charge in [-0.15, -0.1) is 0 Å². The monoisotopic (exact) mass is 315 g/mol. The fourth-order valence-electron chi connectivity index (χ4n) is 4.20. The van der Waals surface area contributed by atoms with Crippen molar-refractivity contribution < 1.29 is 0 Å². The maximum atomic E-state index is 4.48. The number of rotatable bonds is 6. The number of nitrogens with zero attached hydrogens (tertiary/aromatic N) is 3. The molecule has 2 fully saturated rings. The molecule has 2 aliphatic heterocycles. The van der Waals surface area contributed by atoms with Gasteiger partial charge in [-0.05, 0) is 81.7 Å². The van der Waals surface area contributed by atoms with Crippen molar-refractivity contribution in [1.82, 2.24) is 14.8 Å². The Morgan fingerprint density at radius 2 is 1.78 bits per heavy atom. The Balaban J connectivity index is 1.40. The van der Waals surface area contributed by atoms with Crippen molar-refractivity contribution in [2.24, 2.45) is 17.8 Å². The number of hydrogen-bond acceptors (Lipinski definition) is 3. The topological polar surface area (TPSA) is 19.4 Å². The van der Waals surface area contributed by atoms with Gasteiger partial charge in [0.1, 0.15) is 0 Å². The van der Waals surface area contributed by atoms with Crippen molar-refractivity contribution in [3.63, 3.8) is 0 Å². The number of likely N-dealkylation sites (tertiary alicyclic amines) is 2. The van der Waals surface area contributed by atoms with Crippen molar-refractivity contribution in [3.8, 4) is 0 Å². The summed E-state index contributed by atoms with van der Waals surface area (Å²) in [5, 5.41) is 0. The van der Waals surface area contributed by atoms with Crippen LogP contribution in [0.2, 0.25) is 0 Å². The van der Waals surface area contributed by atoms with E-state index in [1.807, 2.05) is 12.3 Å². The van der Waals surface area contributed by atoms with Crippen LogP contribution in [0.25, 0.3) is 0 Å². The molecule has 0 radical (unpaired) electrons. The highest BCUT2D eigenvalue weighted by molar-refractivity contribution is 5.03. The summed E-state index contributed by atoms with van der Waals surface area (Å²) in [5.41, 5.74) is 1.22. The molecule has 2 aliphatic rings. The molecule has 0 bridgehead atoms. The van der Waals surface area contributed by atoms with Crippen LogP contribution < -0.4 is 0 Å². The average molecular weight is 316 g/mol. The molecular weight excluding hydrogens is 282 g/mol. The van der Waals surface area contributed by atoms with Gasteiger partial charge in [-0.25, -0.2) is 0 Å². The van der Waals surface area contributed by atoms with Gasteiger partial charge in [0.25, 0.3) is 0 Å². The first-order valence-corrected chi connectivity index (χ1v) is 9.55. The van der Waals surface area contributed by atoms with E-state index in [-0.39, 0.29) is 0 Å². The molecule has 1 atom stereocenters. The Morgan fingerprint density at radius 3 is 2.48 bits per heavy atom. The van der Waals surface area contributed by atoms with Gasteiger partial charge in [-0.1, -0.05) is 19.9 Å². The second kappa shape index (κ2) is 8.25. The van der Waals surface area contributed by atoms with E-state index in [4.69, 9.17) is 0 Å². The lowest BCUT2D eigenvalue weighted by molar-refractivity contribution is 0.141. The summed E-state index contributed by atoms with van der Waals surface area (Å²) in [5.74, 6) is 2.72. The molecule has 23 heavy (non-hydrogen) atoms. The molecule has 2 saturated heterocycles. The zero-order chi connectivity index (χ0) is 16.1. The molecule has 1 aromatic heterocycles. The molecule has 0 saturated carbocycles. The van der Waals surface area contributed by atoms with Crippen LogP contribution in [0.5, 0.6) is 0 Å². The first kappa shape index (κ1) is 16.9. The van der Waals surface area contributed by atoms with Crippen LogP contribution in [-0.2, 0) is 6.54 Å².